The van der Waals surface area contributed by atoms with E-state index in [1.54, 1.807) is 0 Å². The first kappa shape index (κ1) is 18.7. The highest BCUT2D eigenvalue weighted by atomic mass is 16.5. The van der Waals surface area contributed by atoms with Crippen molar-refractivity contribution in [1.29, 1.82) is 0 Å². The van der Waals surface area contributed by atoms with E-state index < -0.39 is 0 Å². The van der Waals surface area contributed by atoms with Crippen LogP contribution in [-0.2, 0) is 9.53 Å². The van der Waals surface area contributed by atoms with E-state index >= 15 is 0 Å². The molecule has 1 saturated carbocycles. The van der Waals surface area contributed by atoms with Gasteiger partial charge in [-0.1, -0.05) is 64.7 Å². The summed E-state index contributed by atoms with van der Waals surface area (Å²) in [6, 6.07) is 0. The van der Waals surface area contributed by atoms with Gasteiger partial charge >= 0.3 is 0 Å². The van der Waals surface area contributed by atoms with E-state index in [9.17, 15) is 4.79 Å². The van der Waals surface area contributed by atoms with Crippen molar-refractivity contribution < 1.29 is 9.53 Å². The van der Waals surface area contributed by atoms with Crippen LogP contribution in [0.3, 0.4) is 0 Å². The average Bonchev–Trinajstić information content (AvgIpc) is 2.52. The zero-order valence-corrected chi connectivity index (χ0v) is 14.4. The molecule has 0 aliphatic heterocycles. The monoisotopic (exact) mass is 296 g/mol. The number of Topliss-reactive ketones (excluding diaryl/α,β-unsaturated/α-hetero) is 1. The third-order valence-corrected chi connectivity index (χ3v) is 4.77. The standard InChI is InChI=1S/C19H36O2/c1-3-5-6-7-8-9-13-16-18(20)19(21-4-2)17-14-11-10-12-15-17/h17,19H,3-16H2,1-2H3. The van der Waals surface area contributed by atoms with Gasteiger partial charge in [0.05, 0.1) is 0 Å². The highest BCUT2D eigenvalue weighted by molar-refractivity contribution is 5.83. The molecule has 0 saturated heterocycles. The predicted molar refractivity (Wildman–Crippen MR) is 89.6 cm³/mol. The highest BCUT2D eigenvalue weighted by Gasteiger charge is 2.29. The van der Waals surface area contributed by atoms with Gasteiger partial charge in [-0.05, 0) is 32.1 Å². The van der Waals surface area contributed by atoms with Gasteiger partial charge in [-0.25, -0.2) is 0 Å². The van der Waals surface area contributed by atoms with Crippen LogP contribution in [0.1, 0.15) is 97.3 Å². The molecule has 1 fully saturated rings. The lowest BCUT2D eigenvalue weighted by Crippen LogP contribution is -2.34. The summed E-state index contributed by atoms with van der Waals surface area (Å²) in [6.45, 7) is 4.93. The summed E-state index contributed by atoms with van der Waals surface area (Å²) in [5, 5.41) is 0. The summed E-state index contributed by atoms with van der Waals surface area (Å²) in [5.74, 6) is 0.869. The zero-order valence-electron chi connectivity index (χ0n) is 14.4. The molecule has 1 atom stereocenters. The molecule has 0 aromatic rings. The molecule has 0 amide bonds. The predicted octanol–water partition coefficient (Wildman–Crippen LogP) is 5.68. The van der Waals surface area contributed by atoms with Gasteiger partial charge in [0.15, 0.2) is 5.78 Å². The molecule has 0 spiro atoms. The van der Waals surface area contributed by atoms with Crippen LogP contribution in [0.15, 0.2) is 0 Å². The van der Waals surface area contributed by atoms with Crippen LogP contribution in [0.25, 0.3) is 0 Å². The van der Waals surface area contributed by atoms with E-state index in [0.717, 1.165) is 12.8 Å². The summed E-state index contributed by atoms with van der Waals surface area (Å²) in [5.41, 5.74) is 0. The number of hydrogen-bond acceptors (Lipinski definition) is 2. The van der Waals surface area contributed by atoms with E-state index in [-0.39, 0.29) is 6.10 Å². The summed E-state index contributed by atoms with van der Waals surface area (Å²) >= 11 is 0. The fraction of sp³-hybridized carbons (Fsp3) is 0.947. The Bertz CT molecular complexity index is 256. The van der Waals surface area contributed by atoms with Gasteiger partial charge in [0.25, 0.3) is 0 Å². The molecule has 1 unspecified atom stereocenters. The van der Waals surface area contributed by atoms with Crippen LogP contribution < -0.4 is 0 Å². The average molecular weight is 296 g/mol. The lowest BCUT2D eigenvalue weighted by Gasteiger charge is -2.29. The van der Waals surface area contributed by atoms with Crippen LogP contribution in [0.4, 0.5) is 0 Å². The van der Waals surface area contributed by atoms with Crippen molar-refractivity contribution in [3.63, 3.8) is 0 Å². The maximum atomic E-state index is 12.4. The first-order chi connectivity index (χ1) is 10.3. The quantitative estimate of drug-likeness (QED) is 0.433. The van der Waals surface area contributed by atoms with E-state index in [2.05, 4.69) is 6.92 Å². The number of rotatable bonds is 12. The molecule has 0 aromatic heterocycles. The summed E-state index contributed by atoms with van der Waals surface area (Å²) in [4.78, 5) is 12.4. The van der Waals surface area contributed by atoms with E-state index in [4.69, 9.17) is 4.74 Å². The number of carbonyl (C=O) groups is 1. The van der Waals surface area contributed by atoms with Crippen molar-refractivity contribution in [2.45, 2.75) is 103 Å². The Morgan fingerprint density at radius 1 is 0.952 bits per heavy atom. The lowest BCUT2D eigenvalue weighted by molar-refractivity contribution is -0.135. The zero-order chi connectivity index (χ0) is 15.3. The lowest BCUT2D eigenvalue weighted by atomic mass is 9.83. The minimum Gasteiger partial charge on any atom is -0.370 e. The molecule has 0 aromatic carbocycles. The topological polar surface area (TPSA) is 26.3 Å². The van der Waals surface area contributed by atoms with Gasteiger partial charge in [0, 0.05) is 13.0 Å². The van der Waals surface area contributed by atoms with E-state index in [0.29, 0.717) is 18.3 Å². The number of carbonyl (C=O) groups excluding carboxylic acids is 1. The van der Waals surface area contributed by atoms with Crippen molar-refractivity contribution in [2.24, 2.45) is 5.92 Å². The number of hydrogen-bond donors (Lipinski definition) is 0. The molecule has 2 heteroatoms. The van der Waals surface area contributed by atoms with Crippen LogP contribution in [0, 0.1) is 5.92 Å². The molecule has 21 heavy (non-hydrogen) atoms. The molecule has 0 N–H and O–H groups in total. The Morgan fingerprint density at radius 2 is 1.57 bits per heavy atom. The Hall–Kier alpha value is -0.370. The molecule has 1 rings (SSSR count). The molecule has 0 heterocycles. The first-order valence-electron chi connectivity index (χ1n) is 9.43. The van der Waals surface area contributed by atoms with Gasteiger partial charge in [0.1, 0.15) is 6.10 Å². The van der Waals surface area contributed by atoms with Crippen molar-refractivity contribution in [1.82, 2.24) is 0 Å². The number of ketones is 1. The number of ether oxygens (including phenoxy) is 1. The molecule has 0 radical (unpaired) electrons. The van der Waals surface area contributed by atoms with Gasteiger partial charge < -0.3 is 4.74 Å². The summed E-state index contributed by atoms with van der Waals surface area (Å²) in [7, 11) is 0. The molecule has 2 nitrogen and oxygen atoms in total. The Balaban J connectivity index is 2.19. The van der Waals surface area contributed by atoms with Crippen molar-refractivity contribution >= 4 is 5.78 Å². The van der Waals surface area contributed by atoms with E-state index in [1.165, 1.54) is 70.6 Å². The van der Waals surface area contributed by atoms with Gasteiger partial charge in [-0.3, -0.25) is 4.79 Å². The van der Waals surface area contributed by atoms with Crippen molar-refractivity contribution in [3.05, 3.63) is 0 Å². The molecule has 1 aliphatic carbocycles. The Kier molecular flexibility index (Phi) is 10.9. The van der Waals surface area contributed by atoms with E-state index in [1.807, 2.05) is 6.92 Å². The fourth-order valence-electron chi connectivity index (χ4n) is 3.51. The first-order valence-corrected chi connectivity index (χ1v) is 9.43. The Labute approximate surface area is 132 Å². The fourth-order valence-corrected chi connectivity index (χ4v) is 3.51. The normalized spacial score (nSPS) is 17.8. The Morgan fingerprint density at radius 3 is 2.19 bits per heavy atom. The second-order valence-corrected chi connectivity index (χ2v) is 6.61. The summed E-state index contributed by atoms with van der Waals surface area (Å²) in [6.07, 6.45) is 15.8. The minimum absolute atomic E-state index is 0.101. The van der Waals surface area contributed by atoms with Gasteiger partial charge in [-0.15, -0.1) is 0 Å². The third-order valence-electron chi connectivity index (χ3n) is 4.77. The second-order valence-electron chi connectivity index (χ2n) is 6.61. The van der Waals surface area contributed by atoms with Crippen LogP contribution in [0.2, 0.25) is 0 Å². The maximum absolute atomic E-state index is 12.4. The highest BCUT2D eigenvalue weighted by Crippen LogP contribution is 2.29. The SMILES string of the molecule is CCCCCCCCCC(=O)C(OCC)C1CCCCC1. The second kappa shape index (κ2) is 12.2. The number of unbranched alkanes of at least 4 members (excludes halogenated alkanes) is 6. The third kappa shape index (κ3) is 7.99. The van der Waals surface area contributed by atoms with Crippen molar-refractivity contribution in [3.8, 4) is 0 Å². The molecule has 1 aliphatic rings. The molecular weight excluding hydrogens is 260 g/mol. The van der Waals surface area contributed by atoms with Gasteiger partial charge in [0.2, 0.25) is 0 Å². The van der Waals surface area contributed by atoms with Crippen molar-refractivity contribution in [2.75, 3.05) is 6.61 Å². The summed E-state index contributed by atoms with van der Waals surface area (Å²) < 4.78 is 5.80. The smallest absolute Gasteiger partial charge is 0.161 e. The van der Waals surface area contributed by atoms with Crippen LogP contribution in [-0.4, -0.2) is 18.5 Å². The molecule has 0 bridgehead atoms. The van der Waals surface area contributed by atoms with Crippen LogP contribution >= 0.6 is 0 Å². The maximum Gasteiger partial charge on any atom is 0.161 e. The van der Waals surface area contributed by atoms with Gasteiger partial charge in [-0.2, -0.15) is 0 Å². The molecular formula is C19H36O2. The largest absolute Gasteiger partial charge is 0.370 e. The van der Waals surface area contributed by atoms with Crippen LogP contribution in [0.5, 0.6) is 0 Å². The minimum atomic E-state index is -0.101. The molecule has 124 valence electrons.